The van der Waals surface area contributed by atoms with Crippen molar-refractivity contribution in [1.82, 2.24) is 4.98 Å². The first-order chi connectivity index (χ1) is 8.11. The number of aryl methyl sites for hydroxylation is 1. The summed E-state index contributed by atoms with van der Waals surface area (Å²) in [5.41, 5.74) is 3.60. The van der Waals surface area contributed by atoms with Gasteiger partial charge in [0.25, 0.3) is 0 Å². The number of rotatable bonds is 2. The summed E-state index contributed by atoms with van der Waals surface area (Å²) in [6, 6.07) is 6.46. The lowest BCUT2D eigenvalue weighted by atomic mass is 10.0. The van der Waals surface area contributed by atoms with Crippen molar-refractivity contribution in [1.29, 1.82) is 0 Å². The number of anilines is 1. The maximum atomic E-state index is 13.1. The monoisotopic (exact) mass is 250 g/mol. The summed E-state index contributed by atoms with van der Waals surface area (Å²) in [6.07, 6.45) is 1.67. The fourth-order valence-electron chi connectivity index (χ4n) is 1.78. The van der Waals surface area contributed by atoms with Gasteiger partial charge in [0.05, 0.1) is 11.9 Å². The van der Waals surface area contributed by atoms with E-state index in [9.17, 15) is 4.39 Å². The molecule has 0 unspecified atom stereocenters. The molecule has 0 spiro atoms. The van der Waals surface area contributed by atoms with Crippen LogP contribution in [-0.4, -0.2) is 12.0 Å². The number of aromatic nitrogens is 1. The topological polar surface area (TPSA) is 24.9 Å². The van der Waals surface area contributed by atoms with Crippen LogP contribution in [0.2, 0.25) is 5.15 Å². The van der Waals surface area contributed by atoms with Crippen molar-refractivity contribution in [3.63, 3.8) is 0 Å². The molecule has 0 aliphatic carbocycles. The quantitative estimate of drug-likeness (QED) is 0.818. The molecule has 1 aromatic heterocycles. The minimum Gasteiger partial charge on any atom is -0.386 e. The van der Waals surface area contributed by atoms with Gasteiger partial charge in [0.1, 0.15) is 11.0 Å². The van der Waals surface area contributed by atoms with E-state index in [2.05, 4.69) is 10.3 Å². The zero-order valence-corrected chi connectivity index (χ0v) is 10.3. The van der Waals surface area contributed by atoms with E-state index in [4.69, 9.17) is 11.6 Å². The molecule has 17 heavy (non-hydrogen) atoms. The molecular formula is C13H12ClFN2. The maximum absolute atomic E-state index is 13.1. The molecule has 0 aliphatic heterocycles. The molecule has 2 aromatic rings. The molecule has 0 amide bonds. The second kappa shape index (κ2) is 4.72. The van der Waals surface area contributed by atoms with Gasteiger partial charge in [0.15, 0.2) is 0 Å². The van der Waals surface area contributed by atoms with Crippen LogP contribution in [0, 0.1) is 12.7 Å². The van der Waals surface area contributed by atoms with Crippen LogP contribution in [0.3, 0.4) is 0 Å². The summed E-state index contributed by atoms with van der Waals surface area (Å²) in [7, 11) is 1.81. The molecule has 0 bridgehead atoms. The second-order valence-electron chi connectivity index (χ2n) is 3.76. The van der Waals surface area contributed by atoms with E-state index in [0.29, 0.717) is 5.15 Å². The minimum atomic E-state index is -0.239. The Morgan fingerprint density at radius 2 is 2.00 bits per heavy atom. The van der Waals surface area contributed by atoms with Gasteiger partial charge in [-0.25, -0.2) is 9.37 Å². The zero-order valence-electron chi connectivity index (χ0n) is 9.59. The zero-order chi connectivity index (χ0) is 12.4. The van der Waals surface area contributed by atoms with E-state index >= 15 is 0 Å². The predicted octanol–water partition coefficient (Wildman–Crippen LogP) is 3.89. The third-order valence-corrected chi connectivity index (χ3v) is 2.83. The second-order valence-corrected chi connectivity index (χ2v) is 4.15. The third kappa shape index (κ3) is 2.39. The van der Waals surface area contributed by atoms with Gasteiger partial charge >= 0.3 is 0 Å². The van der Waals surface area contributed by atoms with Crippen molar-refractivity contribution >= 4 is 17.3 Å². The average Bonchev–Trinajstić information content (AvgIpc) is 2.29. The number of nitrogens with zero attached hydrogens (tertiary/aromatic N) is 1. The highest BCUT2D eigenvalue weighted by Gasteiger charge is 2.09. The van der Waals surface area contributed by atoms with Gasteiger partial charge in [-0.3, -0.25) is 0 Å². The van der Waals surface area contributed by atoms with Gasteiger partial charge in [-0.05, 0) is 36.2 Å². The van der Waals surface area contributed by atoms with Crippen molar-refractivity contribution in [2.24, 2.45) is 0 Å². The molecule has 4 heteroatoms. The van der Waals surface area contributed by atoms with Crippen LogP contribution in [0.25, 0.3) is 11.1 Å². The minimum absolute atomic E-state index is 0.239. The fourth-order valence-corrected chi connectivity index (χ4v) is 1.94. The van der Waals surface area contributed by atoms with Gasteiger partial charge in [-0.2, -0.15) is 0 Å². The van der Waals surface area contributed by atoms with Crippen LogP contribution in [-0.2, 0) is 0 Å². The van der Waals surface area contributed by atoms with Crippen LogP contribution in [0.5, 0.6) is 0 Å². The molecule has 1 heterocycles. The lowest BCUT2D eigenvalue weighted by Crippen LogP contribution is -1.95. The largest absolute Gasteiger partial charge is 0.386 e. The highest BCUT2D eigenvalue weighted by molar-refractivity contribution is 6.29. The van der Waals surface area contributed by atoms with E-state index in [1.165, 1.54) is 12.1 Å². The van der Waals surface area contributed by atoms with Crippen molar-refractivity contribution in [2.75, 3.05) is 12.4 Å². The van der Waals surface area contributed by atoms with Gasteiger partial charge in [0.2, 0.25) is 0 Å². The summed E-state index contributed by atoms with van der Waals surface area (Å²) in [6.45, 7) is 1.87. The molecule has 0 fully saturated rings. The van der Waals surface area contributed by atoms with Gasteiger partial charge < -0.3 is 5.32 Å². The van der Waals surface area contributed by atoms with Gasteiger partial charge in [-0.1, -0.05) is 17.7 Å². The maximum Gasteiger partial charge on any atom is 0.129 e. The first-order valence-electron chi connectivity index (χ1n) is 5.21. The first kappa shape index (κ1) is 11.9. The highest BCUT2D eigenvalue weighted by Crippen LogP contribution is 2.31. The van der Waals surface area contributed by atoms with E-state index in [1.807, 2.05) is 14.0 Å². The Hall–Kier alpha value is -1.61. The van der Waals surface area contributed by atoms with Crippen molar-refractivity contribution in [3.8, 4) is 11.1 Å². The lowest BCUT2D eigenvalue weighted by molar-refractivity contribution is 0.627. The number of benzene rings is 1. The van der Waals surface area contributed by atoms with Gasteiger partial charge in [0, 0.05) is 12.6 Å². The number of pyridine rings is 1. The number of nitrogens with one attached hydrogen (secondary N) is 1. The van der Waals surface area contributed by atoms with Crippen LogP contribution < -0.4 is 5.32 Å². The SMILES string of the molecule is CNc1cnc(Cl)cc1-c1ccc(F)cc1C. The van der Waals surface area contributed by atoms with Crippen molar-refractivity contribution < 1.29 is 4.39 Å². The molecule has 0 atom stereocenters. The molecule has 0 saturated carbocycles. The standard InChI is InChI=1S/C13H12ClFN2/c1-8-5-9(15)3-4-10(8)11-6-13(14)17-7-12(11)16-2/h3-7,16H,1-2H3. The van der Waals surface area contributed by atoms with E-state index in [1.54, 1.807) is 18.3 Å². The van der Waals surface area contributed by atoms with Gasteiger partial charge in [-0.15, -0.1) is 0 Å². The number of halogens is 2. The molecule has 1 N–H and O–H groups in total. The molecule has 2 rings (SSSR count). The summed E-state index contributed by atoms with van der Waals surface area (Å²) in [5, 5.41) is 3.47. The van der Waals surface area contributed by atoms with Crippen LogP contribution in [0.15, 0.2) is 30.5 Å². The molecule has 1 aromatic carbocycles. The number of hydrogen-bond acceptors (Lipinski definition) is 2. The molecule has 2 nitrogen and oxygen atoms in total. The molecule has 0 aliphatic rings. The molecular weight excluding hydrogens is 239 g/mol. The Morgan fingerprint density at radius 3 is 2.65 bits per heavy atom. The Kier molecular flexibility index (Phi) is 3.29. The Balaban J connectivity index is 2.62. The molecule has 88 valence electrons. The van der Waals surface area contributed by atoms with Crippen LogP contribution in [0.4, 0.5) is 10.1 Å². The summed E-state index contributed by atoms with van der Waals surface area (Å²) >= 11 is 5.89. The van der Waals surface area contributed by atoms with E-state index in [0.717, 1.165) is 22.4 Å². The molecule has 0 saturated heterocycles. The summed E-state index contributed by atoms with van der Waals surface area (Å²) < 4.78 is 13.1. The predicted molar refractivity (Wildman–Crippen MR) is 68.9 cm³/mol. The third-order valence-electron chi connectivity index (χ3n) is 2.62. The average molecular weight is 251 g/mol. The highest BCUT2D eigenvalue weighted by atomic mass is 35.5. The Morgan fingerprint density at radius 1 is 1.24 bits per heavy atom. The summed E-state index contributed by atoms with van der Waals surface area (Å²) in [4.78, 5) is 4.01. The van der Waals surface area contributed by atoms with Crippen molar-refractivity contribution in [3.05, 3.63) is 47.0 Å². The first-order valence-corrected chi connectivity index (χ1v) is 5.59. The lowest BCUT2D eigenvalue weighted by Gasteiger charge is -2.11. The van der Waals surface area contributed by atoms with Crippen LogP contribution >= 0.6 is 11.6 Å². The number of hydrogen-bond donors (Lipinski definition) is 1. The Labute approximate surface area is 104 Å². The normalized spacial score (nSPS) is 10.4. The van der Waals surface area contributed by atoms with Crippen molar-refractivity contribution in [2.45, 2.75) is 6.92 Å². The summed E-state index contributed by atoms with van der Waals surface area (Å²) in [5.74, 6) is -0.239. The smallest absolute Gasteiger partial charge is 0.129 e. The molecule has 0 radical (unpaired) electrons. The fraction of sp³-hybridized carbons (Fsp3) is 0.154. The Bertz CT molecular complexity index is 555. The van der Waals surface area contributed by atoms with E-state index < -0.39 is 0 Å². The van der Waals surface area contributed by atoms with Crippen LogP contribution in [0.1, 0.15) is 5.56 Å². The van der Waals surface area contributed by atoms with E-state index in [-0.39, 0.29) is 5.82 Å².